The molecule has 5 nitrogen and oxygen atoms in total. The fourth-order valence-electron chi connectivity index (χ4n) is 2.86. The summed E-state index contributed by atoms with van der Waals surface area (Å²) in [5.74, 6) is -0.0601. The smallest absolute Gasteiger partial charge is 0.261 e. The van der Waals surface area contributed by atoms with E-state index in [1.165, 1.54) is 0 Å². The monoisotopic (exact) mass is 494 g/mol. The Morgan fingerprint density at radius 3 is 2.43 bits per heavy atom. The molecule has 1 N–H and O–H groups in total. The number of ether oxygens (including phenoxy) is 1. The third-order valence-corrected chi connectivity index (χ3v) is 5.18. The lowest BCUT2D eigenvalue weighted by Crippen LogP contribution is -2.53. The van der Waals surface area contributed by atoms with Crippen LogP contribution < -0.4 is 10.1 Å². The first-order chi connectivity index (χ1) is 14.1. The normalized spacial score (nSPS) is 12.2. The van der Waals surface area contributed by atoms with Crippen molar-refractivity contribution in [2.45, 2.75) is 45.7 Å². The van der Waals surface area contributed by atoms with Crippen molar-refractivity contribution in [2.24, 2.45) is 0 Å². The van der Waals surface area contributed by atoms with Gasteiger partial charge in [-0.05, 0) is 57.9 Å². The number of carbonyl (C=O) groups is 2. The molecule has 1 unspecified atom stereocenters. The van der Waals surface area contributed by atoms with Gasteiger partial charge in [0, 0.05) is 16.6 Å². The highest BCUT2D eigenvalue weighted by molar-refractivity contribution is 9.10. The van der Waals surface area contributed by atoms with Crippen molar-refractivity contribution >= 4 is 39.3 Å². The summed E-state index contributed by atoms with van der Waals surface area (Å²) < 4.78 is 6.46. The van der Waals surface area contributed by atoms with Crippen LogP contribution in [0.1, 0.15) is 33.3 Å². The maximum atomic E-state index is 13.0. The Bertz CT molecular complexity index is 868. The van der Waals surface area contributed by atoms with Crippen LogP contribution >= 0.6 is 27.5 Å². The number of hydrogen-bond acceptors (Lipinski definition) is 3. The van der Waals surface area contributed by atoms with E-state index in [9.17, 15) is 9.59 Å². The molecule has 0 radical (unpaired) electrons. The van der Waals surface area contributed by atoms with Gasteiger partial charge in [0.1, 0.15) is 11.8 Å². The van der Waals surface area contributed by atoms with Gasteiger partial charge in [-0.25, -0.2) is 0 Å². The van der Waals surface area contributed by atoms with E-state index in [0.717, 1.165) is 10.0 Å². The Morgan fingerprint density at radius 2 is 1.83 bits per heavy atom. The number of halogens is 2. The van der Waals surface area contributed by atoms with Crippen LogP contribution in [0.4, 0.5) is 0 Å². The van der Waals surface area contributed by atoms with Crippen LogP contribution in [0.15, 0.2) is 53.0 Å². The molecule has 0 saturated heterocycles. The summed E-state index contributed by atoms with van der Waals surface area (Å²) in [5.41, 5.74) is 0.705. The topological polar surface area (TPSA) is 58.6 Å². The summed E-state index contributed by atoms with van der Waals surface area (Å²) >= 11 is 9.52. The van der Waals surface area contributed by atoms with Crippen molar-refractivity contribution in [3.05, 3.63) is 63.6 Å². The summed E-state index contributed by atoms with van der Waals surface area (Å²) in [6.45, 7) is 7.66. The van der Waals surface area contributed by atoms with Gasteiger partial charge in [-0.2, -0.15) is 0 Å². The first-order valence-electron chi connectivity index (χ1n) is 9.80. The average molecular weight is 496 g/mol. The lowest BCUT2D eigenvalue weighted by atomic mass is 10.1. The molecule has 0 saturated carbocycles. The molecule has 0 aliphatic rings. The molecule has 1 atom stereocenters. The molecule has 2 amide bonds. The van der Waals surface area contributed by atoms with Crippen LogP contribution in [0.25, 0.3) is 0 Å². The third kappa shape index (κ3) is 7.65. The van der Waals surface area contributed by atoms with Crippen molar-refractivity contribution in [2.75, 3.05) is 13.2 Å². The molecular weight excluding hydrogens is 468 g/mol. The van der Waals surface area contributed by atoms with Crippen molar-refractivity contribution in [1.82, 2.24) is 10.2 Å². The van der Waals surface area contributed by atoms with E-state index in [1.807, 2.05) is 51.1 Å². The fourth-order valence-corrected chi connectivity index (χ4v) is 3.59. The molecule has 2 aromatic carbocycles. The molecular formula is C23H28BrClN2O3. The van der Waals surface area contributed by atoms with Gasteiger partial charge >= 0.3 is 0 Å². The lowest BCUT2D eigenvalue weighted by Gasteiger charge is -2.31. The molecule has 0 aliphatic carbocycles. The molecule has 30 heavy (non-hydrogen) atoms. The minimum absolute atomic E-state index is 0.203. The van der Waals surface area contributed by atoms with Crippen molar-refractivity contribution in [3.8, 4) is 5.75 Å². The largest absolute Gasteiger partial charge is 0.482 e. The molecule has 0 heterocycles. The number of nitrogens with zero attached hydrogens (tertiary/aromatic N) is 1. The van der Waals surface area contributed by atoms with Gasteiger partial charge in [0.05, 0.1) is 5.02 Å². The van der Waals surface area contributed by atoms with Crippen LogP contribution in [0.2, 0.25) is 5.02 Å². The fraction of sp³-hybridized carbons (Fsp3) is 0.391. The Hall–Kier alpha value is -2.05. The molecule has 7 heteroatoms. The zero-order valence-electron chi connectivity index (χ0n) is 17.7. The van der Waals surface area contributed by atoms with E-state index in [4.69, 9.17) is 16.3 Å². The van der Waals surface area contributed by atoms with E-state index in [0.29, 0.717) is 23.7 Å². The van der Waals surface area contributed by atoms with E-state index in [2.05, 4.69) is 21.2 Å². The predicted molar refractivity (Wildman–Crippen MR) is 124 cm³/mol. The van der Waals surface area contributed by atoms with Crippen molar-refractivity contribution in [1.29, 1.82) is 0 Å². The average Bonchev–Trinajstić information content (AvgIpc) is 2.66. The number of hydrogen-bond donors (Lipinski definition) is 1. The zero-order chi connectivity index (χ0) is 22.3. The Balaban J connectivity index is 2.11. The van der Waals surface area contributed by atoms with Gasteiger partial charge < -0.3 is 15.0 Å². The highest BCUT2D eigenvalue weighted by Gasteiger charge is 2.28. The number of nitrogens with one attached hydrogen (secondary N) is 1. The molecule has 2 rings (SSSR count). The van der Waals surface area contributed by atoms with E-state index < -0.39 is 6.04 Å². The maximum Gasteiger partial charge on any atom is 0.261 e. The van der Waals surface area contributed by atoms with E-state index in [-0.39, 0.29) is 24.0 Å². The number of rotatable bonds is 8. The van der Waals surface area contributed by atoms with Crippen molar-refractivity contribution in [3.63, 3.8) is 0 Å². The summed E-state index contributed by atoms with van der Waals surface area (Å²) in [6.07, 6.45) is 0.638. The molecule has 0 fully saturated rings. The molecule has 0 bridgehead atoms. The minimum Gasteiger partial charge on any atom is -0.482 e. The lowest BCUT2D eigenvalue weighted by molar-refractivity contribution is -0.142. The molecule has 162 valence electrons. The van der Waals surface area contributed by atoms with Gasteiger partial charge in [0.25, 0.3) is 5.91 Å². The summed E-state index contributed by atoms with van der Waals surface area (Å²) in [7, 11) is 0. The van der Waals surface area contributed by atoms with E-state index >= 15 is 0 Å². The Labute approximate surface area is 191 Å². The maximum absolute atomic E-state index is 13.0. The SMILES string of the molecule is CC(C(=O)NC(C)(C)C)N(CCc1ccccc1)C(=O)COc1ccc(Br)cc1Cl. The minimum atomic E-state index is -0.635. The van der Waals surface area contributed by atoms with Crippen LogP contribution in [0.3, 0.4) is 0 Å². The van der Waals surface area contributed by atoms with Gasteiger partial charge in [-0.3, -0.25) is 9.59 Å². The van der Waals surface area contributed by atoms with Gasteiger partial charge in [-0.15, -0.1) is 0 Å². The van der Waals surface area contributed by atoms with Crippen LogP contribution in [0, 0.1) is 0 Å². The highest BCUT2D eigenvalue weighted by atomic mass is 79.9. The quantitative estimate of drug-likeness (QED) is 0.569. The van der Waals surface area contributed by atoms with Crippen molar-refractivity contribution < 1.29 is 14.3 Å². The standard InChI is InChI=1S/C23H28BrClN2O3/c1-16(22(29)26-23(2,3)4)27(13-12-17-8-6-5-7-9-17)21(28)15-30-20-11-10-18(24)14-19(20)25/h5-11,14,16H,12-13,15H2,1-4H3,(H,26,29). The molecule has 0 aliphatic heterocycles. The number of benzene rings is 2. The Morgan fingerprint density at radius 1 is 1.17 bits per heavy atom. The number of carbonyl (C=O) groups excluding carboxylic acids is 2. The van der Waals surface area contributed by atoms with Gasteiger partial charge in [0.2, 0.25) is 5.91 Å². The Kier molecular flexibility index (Phi) is 8.74. The first kappa shape index (κ1) is 24.2. The van der Waals surface area contributed by atoms with Crippen LogP contribution in [-0.2, 0) is 16.0 Å². The summed E-state index contributed by atoms with van der Waals surface area (Å²) in [4.78, 5) is 27.3. The van der Waals surface area contributed by atoms with Gasteiger partial charge in [0.15, 0.2) is 6.61 Å². The highest BCUT2D eigenvalue weighted by Crippen LogP contribution is 2.27. The second-order valence-corrected chi connectivity index (χ2v) is 9.42. The molecule has 2 aromatic rings. The second-order valence-electron chi connectivity index (χ2n) is 8.10. The predicted octanol–water partition coefficient (Wildman–Crippen LogP) is 4.86. The first-order valence-corrected chi connectivity index (χ1v) is 11.0. The van der Waals surface area contributed by atoms with Crippen LogP contribution in [0.5, 0.6) is 5.75 Å². The summed E-state index contributed by atoms with van der Waals surface area (Å²) in [5, 5.41) is 3.35. The summed E-state index contributed by atoms with van der Waals surface area (Å²) in [6, 6.07) is 14.4. The molecule has 0 spiro atoms. The van der Waals surface area contributed by atoms with E-state index in [1.54, 1.807) is 30.0 Å². The van der Waals surface area contributed by atoms with Crippen LogP contribution in [-0.4, -0.2) is 41.4 Å². The van der Waals surface area contributed by atoms with Gasteiger partial charge in [-0.1, -0.05) is 57.9 Å². The zero-order valence-corrected chi connectivity index (χ0v) is 20.1. The third-order valence-electron chi connectivity index (χ3n) is 4.39. The number of amides is 2. The second kappa shape index (κ2) is 10.8. The molecule has 0 aromatic heterocycles.